The second kappa shape index (κ2) is 7.81. The van der Waals surface area contributed by atoms with Crippen LogP contribution in [0.15, 0.2) is 59.1 Å². The molecule has 4 nitrogen and oxygen atoms in total. The van der Waals surface area contributed by atoms with Crippen LogP contribution in [-0.4, -0.2) is 48.2 Å². The van der Waals surface area contributed by atoms with Crippen molar-refractivity contribution in [1.29, 1.82) is 0 Å². The number of hydrogen-bond donors (Lipinski definition) is 1. The molecule has 24 heavy (non-hydrogen) atoms. The van der Waals surface area contributed by atoms with Crippen molar-refractivity contribution in [2.24, 2.45) is 0 Å². The molecule has 1 saturated heterocycles. The summed E-state index contributed by atoms with van der Waals surface area (Å²) in [7, 11) is 0. The van der Waals surface area contributed by atoms with Crippen LogP contribution in [0.25, 0.3) is 0 Å². The summed E-state index contributed by atoms with van der Waals surface area (Å²) < 4.78 is 0.984. The maximum Gasteiger partial charge on any atom is 0.321 e. The van der Waals surface area contributed by atoms with Gasteiger partial charge in [-0.25, -0.2) is 0 Å². The van der Waals surface area contributed by atoms with Gasteiger partial charge >= 0.3 is 5.97 Å². The predicted molar refractivity (Wildman–Crippen MR) is 99.5 cm³/mol. The van der Waals surface area contributed by atoms with E-state index < -0.39 is 12.0 Å². The second-order valence-corrected chi connectivity index (χ2v) is 6.96. The molecular formula is C19H21BrN2O2. The lowest BCUT2D eigenvalue weighted by Gasteiger charge is -2.38. The molecule has 2 aromatic carbocycles. The third-order valence-corrected chi connectivity index (χ3v) is 4.97. The van der Waals surface area contributed by atoms with Gasteiger partial charge in [-0.3, -0.25) is 9.69 Å². The van der Waals surface area contributed by atoms with E-state index in [4.69, 9.17) is 0 Å². The van der Waals surface area contributed by atoms with Gasteiger partial charge in [-0.1, -0.05) is 46.3 Å². The summed E-state index contributed by atoms with van der Waals surface area (Å²) in [6.45, 7) is 3.23. The normalized spacial score (nSPS) is 16.8. The van der Waals surface area contributed by atoms with Crippen LogP contribution in [0.5, 0.6) is 0 Å². The third kappa shape index (κ3) is 4.16. The van der Waals surface area contributed by atoms with Crippen LogP contribution in [0.3, 0.4) is 0 Å². The number of benzene rings is 2. The lowest BCUT2D eigenvalue weighted by Crippen LogP contribution is -2.53. The number of anilines is 1. The highest BCUT2D eigenvalue weighted by molar-refractivity contribution is 9.10. The fourth-order valence-corrected chi connectivity index (χ4v) is 3.64. The Hall–Kier alpha value is -1.85. The number of carboxylic acids is 1. The minimum atomic E-state index is -0.747. The van der Waals surface area contributed by atoms with Crippen LogP contribution in [0.2, 0.25) is 0 Å². The molecule has 2 aromatic rings. The molecule has 0 aromatic heterocycles. The number of aliphatic carboxylic acids is 1. The fraction of sp³-hybridized carbons (Fsp3) is 0.316. The molecule has 1 N–H and O–H groups in total. The summed E-state index contributed by atoms with van der Waals surface area (Å²) in [4.78, 5) is 16.2. The number of carboxylic acid groups (broad SMARTS) is 1. The smallest absolute Gasteiger partial charge is 0.321 e. The van der Waals surface area contributed by atoms with Crippen molar-refractivity contribution < 1.29 is 9.90 Å². The van der Waals surface area contributed by atoms with Crippen molar-refractivity contribution in [3.8, 4) is 0 Å². The molecule has 1 heterocycles. The minimum absolute atomic E-state index is 0.475. The summed E-state index contributed by atoms with van der Waals surface area (Å²) in [6, 6.07) is 17.7. The standard InChI is InChI=1S/C19H21BrN2O2/c20-16-6-4-5-15(13-16)14-18(19(23)24)22-11-9-21(10-12-22)17-7-2-1-3-8-17/h1-8,13,18H,9-12,14H2,(H,23,24)/t18-/m1/s1. The zero-order valence-corrected chi connectivity index (χ0v) is 15.0. The zero-order chi connectivity index (χ0) is 16.9. The number of rotatable bonds is 5. The summed E-state index contributed by atoms with van der Waals surface area (Å²) in [6.07, 6.45) is 0.528. The molecular weight excluding hydrogens is 368 g/mol. The first kappa shape index (κ1) is 17.0. The Morgan fingerprint density at radius 2 is 1.75 bits per heavy atom. The molecule has 0 saturated carbocycles. The maximum absolute atomic E-state index is 11.8. The van der Waals surface area contributed by atoms with Crippen molar-refractivity contribution in [3.63, 3.8) is 0 Å². The van der Waals surface area contributed by atoms with E-state index in [0.717, 1.165) is 36.2 Å². The van der Waals surface area contributed by atoms with Gasteiger partial charge < -0.3 is 10.0 Å². The number of para-hydroxylation sites is 1. The third-order valence-electron chi connectivity index (χ3n) is 4.48. The van der Waals surface area contributed by atoms with Gasteiger partial charge in [-0.15, -0.1) is 0 Å². The van der Waals surface area contributed by atoms with E-state index >= 15 is 0 Å². The number of hydrogen-bond acceptors (Lipinski definition) is 3. The molecule has 1 aliphatic rings. The largest absolute Gasteiger partial charge is 0.480 e. The topological polar surface area (TPSA) is 43.8 Å². The molecule has 0 aliphatic carbocycles. The van der Waals surface area contributed by atoms with Gasteiger partial charge in [0.15, 0.2) is 0 Å². The fourth-order valence-electron chi connectivity index (χ4n) is 3.19. The zero-order valence-electron chi connectivity index (χ0n) is 13.4. The Bertz CT molecular complexity index is 685. The van der Waals surface area contributed by atoms with E-state index in [2.05, 4.69) is 37.9 Å². The van der Waals surface area contributed by atoms with Gasteiger partial charge in [0.2, 0.25) is 0 Å². The van der Waals surface area contributed by atoms with Crippen molar-refractivity contribution in [2.45, 2.75) is 12.5 Å². The highest BCUT2D eigenvalue weighted by Crippen LogP contribution is 2.19. The van der Waals surface area contributed by atoms with Crippen LogP contribution in [0.4, 0.5) is 5.69 Å². The van der Waals surface area contributed by atoms with E-state index in [0.29, 0.717) is 6.42 Å². The number of halogens is 1. The van der Waals surface area contributed by atoms with Crippen molar-refractivity contribution >= 4 is 27.6 Å². The van der Waals surface area contributed by atoms with Crippen LogP contribution in [0, 0.1) is 0 Å². The van der Waals surface area contributed by atoms with Crippen molar-refractivity contribution in [1.82, 2.24) is 4.90 Å². The molecule has 0 unspecified atom stereocenters. The van der Waals surface area contributed by atoms with E-state index in [-0.39, 0.29) is 0 Å². The first-order valence-electron chi connectivity index (χ1n) is 8.15. The van der Waals surface area contributed by atoms with Gasteiger partial charge in [0, 0.05) is 36.3 Å². The van der Waals surface area contributed by atoms with E-state index in [1.165, 1.54) is 5.69 Å². The Morgan fingerprint density at radius 3 is 2.38 bits per heavy atom. The van der Waals surface area contributed by atoms with Crippen molar-refractivity contribution in [3.05, 3.63) is 64.6 Å². The van der Waals surface area contributed by atoms with Gasteiger partial charge in [0.05, 0.1) is 0 Å². The minimum Gasteiger partial charge on any atom is -0.480 e. The summed E-state index contributed by atoms with van der Waals surface area (Å²) in [5.41, 5.74) is 2.25. The van der Waals surface area contributed by atoms with Gasteiger partial charge in [0.25, 0.3) is 0 Å². The molecule has 5 heteroatoms. The average molecular weight is 389 g/mol. The summed E-state index contributed by atoms with van der Waals surface area (Å²) in [5.74, 6) is -0.747. The number of carbonyl (C=O) groups is 1. The molecule has 0 bridgehead atoms. The maximum atomic E-state index is 11.8. The molecule has 126 valence electrons. The highest BCUT2D eigenvalue weighted by Gasteiger charge is 2.29. The van der Waals surface area contributed by atoms with Gasteiger partial charge in [-0.05, 0) is 36.2 Å². The van der Waals surface area contributed by atoms with Crippen LogP contribution in [-0.2, 0) is 11.2 Å². The molecule has 1 aliphatic heterocycles. The van der Waals surface area contributed by atoms with Crippen molar-refractivity contribution in [2.75, 3.05) is 31.1 Å². The van der Waals surface area contributed by atoms with E-state index in [9.17, 15) is 9.90 Å². The molecule has 1 fully saturated rings. The molecule has 0 amide bonds. The van der Waals surface area contributed by atoms with Crippen LogP contribution >= 0.6 is 15.9 Å². The molecule has 3 rings (SSSR count). The summed E-state index contributed by atoms with van der Waals surface area (Å²) in [5, 5.41) is 9.67. The first-order valence-corrected chi connectivity index (χ1v) is 8.94. The Balaban J connectivity index is 1.65. The SMILES string of the molecule is O=C(O)[C@@H](Cc1cccc(Br)c1)N1CCN(c2ccccc2)CC1. The Morgan fingerprint density at radius 1 is 1.04 bits per heavy atom. The van der Waals surface area contributed by atoms with E-state index in [1.54, 1.807) is 0 Å². The number of nitrogens with zero attached hydrogens (tertiary/aromatic N) is 2. The van der Waals surface area contributed by atoms with Crippen LogP contribution in [0.1, 0.15) is 5.56 Å². The lowest BCUT2D eigenvalue weighted by atomic mass is 10.0. The summed E-state index contributed by atoms with van der Waals surface area (Å²) >= 11 is 3.45. The Kier molecular flexibility index (Phi) is 5.53. The first-order chi connectivity index (χ1) is 11.6. The number of piperazine rings is 1. The van der Waals surface area contributed by atoms with Gasteiger partial charge in [-0.2, -0.15) is 0 Å². The molecule has 1 atom stereocenters. The molecule has 0 spiro atoms. The monoisotopic (exact) mass is 388 g/mol. The van der Waals surface area contributed by atoms with E-state index in [1.807, 2.05) is 42.5 Å². The average Bonchev–Trinajstić information content (AvgIpc) is 2.60. The quantitative estimate of drug-likeness (QED) is 0.853. The van der Waals surface area contributed by atoms with Gasteiger partial charge in [0.1, 0.15) is 6.04 Å². The second-order valence-electron chi connectivity index (χ2n) is 6.05. The molecule has 0 radical (unpaired) electrons. The highest BCUT2D eigenvalue weighted by atomic mass is 79.9. The van der Waals surface area contributed by atoms with Crippen LogP contribution < -0.4 is 4.90 Å². The Labute approximate surface area is 150 Å². The predicted octanol–water partition coefficient (Wildman–Crippen LogP) is 3.27. The lowest BCUT2D eigenvalue weighted by molar-refractivity contribution is -0.143.